The molecule has 0 unspecified atom stereocenters. The van der Waals surface area contributed by atoms with E-state index < -0.39 is 5.97 Å². The molecular weight excluding hydrogens is 250 g/mol. The van der Waals surface area contributed by atoms with Gasteiger partial charge in [0.1, 0.15) is 5.69 Å². The molecule has 0 aliphatic heterocycles. The Morgan fingerprint density at radius 1 is 1.17 bits per heavy atom. The number of carbonyl (C=O) groups is 2. The van der Waals surface area contributed by atoms with Crippen molar-refractivity contribution in [1.82, 2.24) is 4.98 Å². The van der Waals surface area contributed by atoms with E-state index in [1.807, 2.05) is 18.4 Å². The summed E-state index contributed by atoms with van der Waals surface area (Å²) >= 11 is 1.60. The first kappa shape index (κ1) is 12.4. The van der Waals surface area contributed by atoms with Gasteiger partial charge >= 0.3 is 5.97 Å². The molecule has 1 aromatic carbocycles. The summed E-state index contributed by atoms with van der Waals surface area (Å²) < 4.78 is 0. The van der Waals surface area contributed by atoms with Crippen molar-refractivity contribution < 1.29 is 14.7 Å². The van der Waals surface area contributed by atoms with Gasteiger partial charge in [-0.2, -0.15) is 0 Å². The number of carbonyl (C=O) groups excluding carboxylic acids is 1. The minimum atomic E-state index is -1.08. The topological polar surface area (TPSA) is 70.2 Å². The van der Waals surface area contributed by atoms with Gasteiger partial charge in [-0.05, 0) is 36.6 Å². The van der Waals surface area contributed by atoms with Gasteiger partial charge in [0.05, 0.1) is 0 Å². The van der Waals surface area contributed by atoms with Crippen LogP contribution in [0.3, 0.4) is 0 Å². The van der Waals surface area contributed by atoms with Gasteiger partial charge in [0.25, 0.3) is 0 Å². The average molecular weight is 261 g/mol. The van der Waals surface area contributed by atoms with Gasteiger partial charge in [0.15, 0.2) is 5.78 Å². The molecule has 0 spiro atoms. The Bertz CT molecular complexity index is 587. The van der Waals surface area contributed by atoms with Crippen molar-refractivity contribution in [2.75, 3.05) is 6.26 Å². The van der Waals surface area contributed by atoms with E-state index in [1.54, 1.807) is 23.9 Å². The van der Waals surface area contributed by atoms with Crippen molar-refractivity contribution in [3.05, 3.63) is 53.3 Å². The van der Waals surface area contributed by atoms with E-state index in [0.29, 0.717) is 11.1 Å². The molecule has 18 heavy (non-hydrogen) atoms. The summed E-state index contributed by atoms with van der Waals surface area (Å²) in [5.74, 6) is -1.27. The number of H-pyrrole nitrogens is 1. The molecule has 0 amide bonds. The number of carboxylic acid groups (broad SMARTS) is 1. The Morgan fingerprint density at radius 3 is 2.33 bits per heavy atom. The highest BCUT2D eigenvalue weighted by atomic mass is 32.2. The third kappa shape index (κ3) is 2.46. The quantitative estimate of drug-likeness (QED) is 0.655. The lowest BCUT2D eigenvalue weighted by Crippen LogP contribution is -1.99. The fourth-order valence-corrected chi connectivity index (χ4v) is 1.97. The number of hydrogen-bond acceptors (Lipinski definition) is 3. The number of aromatic nitrogens is 1. The highest BCUT2D eigenvalue weighted by Gasteiger charge is 2.13. The second-order valence-electron chi connectivity index (χ2n) is 3.66. The molecule has 2 N–H and O–H groups in total. The highest BCUT2D eigenvalue weighted by Crippen LogP contribution is 2.17. The van der Waals surface area contributed by atoms with Gasteiger partial charge in [-0.1, -0.05) is 0 Å². The van der Waals surface area contributed by atoms with Gasteiger partial charge in [0, 0.05) is 22.2 Å². The van der Waals surface area contributed by atoms with Crippen molar-refractivity contribution in [2.45, 2.75) is 4.90 Å². The molecule has 0 saturated heterocycles. The van der Waals surface area contributed by atoms with Crippen LogP contribution in [0.5, 0.6) is 0 Å². The SMILES string of the molecule is CSc1ccc(C(=O)c2c[nH]c(C(=O)O)c2)cc1. The lowest BCUT2D eigenvalue weighted by molar-refractivity contribution is 0.0691. The molecule has 0 saturated carbocycles. The number of nitrogens with one attached hydrogen (secondary N) is 1. The van der Waals surface area contributed by atoms with Crippen LogP contribution in [0.2, 0.25) is 0 Å². The molecular formula is C13H11NO3S. The Balaban J connectivity index is 2.26. The Kier molecular flexibility index (Phi) is 3.53. The zero-order valence-electron chi connectivity index (χ0n) is 9.64. The summed E-state index contributed by atoms with van der Waals surface area (Å²) in [5, 5.41) is 8.77. The minimum absolute atomic E-state index is 0.0130. The number of benzene rings is 1. The van der Waals surface area contributed by atoms with Gasteiger partial charge in [-0.3, -0.25) is 4.79 Å². The van der Waals surface area contributed by atoms with E-state index in [-0.39, 0.29) is 11.5 Å². The molecule has 0 radical (unpaired) electrons. The summed E-state index contributed by atoms with van der Waals surface area (Å²) in [6.45, 7) is 0. The van der Waals surface area contributed by atoms with Crippen LogP contribution in [-0.4, -0.2) is 28.1 Å². The van der Waals surface area contributed by atoms with Crippen LogP contribution in [0, 0.1) is 0 Å². The van der Waals surface area contributed by atoms with Crippen LogP contribution < -0.4 is 0 Å². The molecule has 1 heterocycles. The van der Waals surface area contributed by atoms with Crippen LogP contribution in [-0.2, 0) is 0 Å². The van der Waals surface area contributed by atoms with Crippen LogP contribution in [0.15, 0.2) is 41.4 Å². The molecule has 92 valence electrons. The number of rotatable bonds is 4. The number of aromatic carboxylic acids is 1. The Labute approximate surface area is 108 Å². The second kappa shape index (κ2) is 5.10. The van der Waals surface area contributed by atoms with Crippen molar-refractivity contribution >= 4 is 23.5 Å². The van der Waals surface area contributed by atoms with E-state index in [4.69, 9.17) is 5.11 Å². The predicted molar refractivity (Wildman–Crippen MR) is 69.4 cm³/mol. The Morgan fingerprint density at radius 2 is 1.83 bits per heavy atom. The molecule has 0 aliphatic carbocycles. The predicted octanol–water partition coefficient (Wildman–Crippen LogP) is 2.67. The van der Waals surface area contributed by atoms with Gasteiger partial charge in [0.2, 0.25) is 0 Å². The molecule has 1 aromatic heterocycles. The van der Waals surface area contributed by atoms with Crippen molar-refractivity contribution in [3.8, 4) is 0 Å². The van der Waals surface area contributed by atoms with Crippen molar-refractivity contribution in [2.24, 2.45) is 0 Å². The summed E-state index contributed by atoms with van der Waals surface area (Å²) in [7, 11) is 0. The number of ketones is 1. The molecule has 4 nitrogen and oxygen atoms in total. The average Bonchev–Trinajstić information content (AvgIpc) is 2.88. The number of hydrogen-bond donors (Lipinski definition) is 2. The zero-order valence-corrected chi connectivity index (χ0v) is 10.5. The van der Waals surface area contributed by atoms with E-state index >= 15 is 0 Å². The zero-order chi connectivity index (χ0) is 13.1. The lowest BCUT2D eigenvalue weighted by atomic mass is 10.1. The van der Waals surface area contributed by atoms with Gasteiger partial charge in [-0.15, -0.1) is 11.8 Å². The number of aromatic amines is 1. The number of thioether (sulfide) groups is 1. The van der Waals surface area contributed by atoms with E-state index in [9.17, 15) is 9.59 Å². The van der Waals surface area contributed by atoms with Gasteiger partial charge < -0.3 is 10.1 Å². The van der Waals surface area contributed by atoms with Crippen molar-refractivity contribution in [1.29, 1.82) is 0 Å². The third-order valence-electron chi connectivity index (χ3n) is 2.53. The maximum Gasteiger partial charge on any atom is 0.352 e. The smallest absolute Gasteiger partial charge is 0.352 e. The highest BCUT2D eigenvalue weighted by molar-refractivity contribution is 7.98. The summed E-state index contributed by atoms with van der Waals surface area (Å²) in [6.07, 6.45) is 3.37. The maximum absolute atomic E-state index is 12.1. The third-order valence-corrected chi connectivity index (χ3v) is 3.27. The molecule has 0 bridgehead atoms. The van der Waals surface area contributed by atoms with Gasteiger partial charge in [-0.25, -0.2) is 4.79 Å². The normalized spacial score (nSPS) is 10.3. The molecule has 0 atom stereocenters. The first-order valence-electron chi connectivity index (χ1n) is 5.22. The molecule has 0 fully saturated rings. The fourth-order valence-electron chi connectivity index (χ4n) is 1.56. The second-order valence-corrected chi connectivity index (χ2v) is 4.54. The largest absolute Gasteiger partial charge is 0.477 e. The number of carboxylic acids is 1. The first-order chi connectivity index (χ1) is 8.61. The molecule has 2 rings (SSSR count). The van der Waals surface area contributed by atoms with E-state index in [1.165, 1.54) is 12.3 Å². The van der Waals surface area contributed by atoms with Crippen molar-refractivity contribution in [3.63, 3.8) is 0 Å². The summed E-state index contributed by atoms with van der Waals surface area (Å²) in [4.78, 5) is 26.4. The lowest BCUT2D eigenvalue weighted by Gasteiger charge is -1.99. The van der Waals surface area contributed by atoms with Crippen LogP contribution in [0.25, 0.3) is 0 Å². The summed E-state index contributed by atoms with van der Waals surface area (Å²) in [5.41, 5.74) is 0.909. The van der Waals surface area contributed by atoms with Crippen LogP contribution >= 0.6 is 11.8 Å². The fraction of sp³-hybridized carbons (Fsp3) is 0.0769. The maximum atomic E-state index is 12.1. The monoisotopic (exact) mass is 261 g/mol. The van der Waals surface area contributed by atoms with Crippen LogP contribution in [0.1, 0.15) is 26.4 Å². The van der Waals surface area contributed by atoms with E-state index in [0.717, 1.165) is 4.90 Å². The summed E-state index contributed by atoms with van der Waals surface area (Å²) in [6, 6.07) is 8.54. The van der Waals surface area contributed by atoms with Crippen LogP contribution in [0.4, 0.5) is 0 Å². The standard InChI is InChI=1S/C13H11NO3S/c1-18-10-4-2-8(3-5-10)12(15)9-6-11(13(16)17)14-7-9/h2-7,14H,1H3,(H,16,17). The minimum Gasteiger partial charge on any atom is -0.477 e. The molecule has 0 aliphatic rings. The molecule has 5 heteroatoms. The Hall–Kier alpha value is -2.01. The first-order valence-corrected chi connectivity index (χ1v) is 6.45. The van der Waals surface area contributed by atoms with E-state index in [2.05, 4.69) is 4.98 Å². The molecule has 2 aromatic rings.